The Kier molecular flexibility index (Phi) is 6.89. The average Bonchev–Trinajstić information content (AvgIpc) is 3.45. The van der Waals surface area contributed by atoms with Gasteiger partial charge in [0.25, 0.3) is 5.91 Å². The van der Waals surface area contributed by atoms with E-state index in [1.165, 1.54) is 11.3 Å². The summed E-state index contributed by atoms with van der Waals surface area (Å²) in [6.45, 7) is 4.27. The normalized spacial score (nSPS) is 10.6. The topological polar surface area (TPSA) is 87.5 Å². The number of methoxy groups -OCH3 is 1. The summed E-state index contributed by atoms with van der Waals surface area (Å²) in [6.07, 6.45) is 0. The van der Waals surface area contributed by atoms with E-state index in [1.54, 1.807) is 30.0 Å². The molecule has 0 atom stereocenters. The molecule has 4 rings (SSSR count). The Bertz CT molecular complexity index is 1230. The predicted molar refractivity (Wildman–Crippen MR) is 128 cm³/mol. The van der Waals surface area contributed by atoms with Crippen LogP contribution in [0.3, 0.4) is 0 Å². The molecule has 0 bridgehead atoms. The second-order valence-electron chi connectivity index (χ2n) is 7.04. The highest BCUT2D eigenvalue weighted by Crippen LogP contribution is 2.28. The summed E-state index contributed by atoms with van der Waals surface area (Å²) in [6, 6.07) is 16.7. The van der Waals surface area contributed by atoms with Gasteiger partial charge in [0.15, 0.2) is 18.1 Å². The van der Waals surface area contributed by atoms with Crippen molar-refractivity contribution in [1.82, 2.24) is 14.8 Å². The fraction of sp³-hybridized carbons (Fsp3) is 0.208. The molecule has 2 heterocycles. The van der Waals surface area contributed by atoms with Gasteiger partial charge < -0.3 is 19.5 Å². The Balaban J connectivity index is 1.47. The summed E-state index contributed by atoms with van der Waals surface area (Å²) in [7, 11) is 1.55. The Morgan fingerprint density at radius 1 is 1.09 bits per heavy atom. The van der Waals surface area contributed by atoms with E-state index in [9.17, 15) is 4.79 Å². The smallest absolute Gasteiger partial charge is 0.263 e. The molecule has 33 heavy (non-hydrogen) atoms. The SMILES string of the molecule is CCOc1ccc(-c2csc(-n3nc(C)cc3NC(=O)COc3ccccc3OC)n2)cc1. The molecule has 0 unspecified atom stereocenters. The zero-order valence-electron chi connectivity index (χ0n) is 18.6. The van der Waals surface area contributed by atoms with E-state index in [1.807, 2.05) is 55.6 Å². The van der Waals surface area contributed by atoms with Crippen molar-refractivity contribution in [2.45, 2.75) is 13.8 Å². The number of hydrogen-bond acceptors (Lipinski definition) is 7. The third-order valence-corrected chi connectivity index (χ3v) is 5.48. The molecule has 0 aliphatic rings. The zero-order chi connectivity index (χ0) is 23.2. The molecule has 2 aromatic heterocycles. The number of aromatic nitrogens is 3. The van der Waals surface area contributed by atoms with E-state index in [-0.39, 0.29) is 12.5 Å². The molecule has 4 aromatic rings. The lowest BCUT2D eigenvalue weighted by Crippen LogP contribution is -2.22. The van der Waals surface area contributed by atoms with Gasteiger partial charge in [0.1, 0.15) is 11.6 Å². The number of para-hydroxylation sites is 2. The second kappa shape index (κ2) is 10.2. The van der Waals surface area contributed by atoms with Crippen LogP contribution < -0.4 is 19.5 Å². The Labute approximate surface area is 195 Å². The van der Waals surface area contributed by atoms with Gasteiger partial charge in [0, 0.05) is 17.0 Å². The van der Waals surface area contributed by atoms with Crippen LogP contribution >= 0.6 is 11.3 Å². The van der Waals surface area contributed by atoms with Gasteiger partial charge in [-0.3, -0.25) is 4.79 Å². The summed E-state index contributed by atoms with van der Waals surface area (Å²) >= 11 is 1.44. The first kappa shape index (κ1) is 22.3. The molecule has 0 aliphatic heterocycles. The summed E-state index contributed by atoms with van der Waals surface area (Å²) in [5.41, 5.74) is 2.55. The standard InChI is InChI=1S/C24H24N4O4S/c1-4-31-18-11-9-17(10-12-18)19-15-33-24(25-19)28-22(13-16(2)27-28)26-23(29)14-32-21-8-6-5-7-20(21)30-3/h5-13,15H,4,14H2,1-3H3,(H,26,29). The fourth-order valence-corrected chi connectivity index (χ4v) is 3.97. The number of nitrogens with one attached hydrogen (secondary N) is 1. The van der Waals surface area contributed by atoms with Crippen LogP contribution in [0.5, 0.6) is 17.2 Å². The minimum atomic E-state index is -0.314. The first-order chi connectivity index (χ1) is 16.1. The molecular formula is C24H24N4O4S. The van der Waals surface area contributed by atoms with Gasteiger partial charge in [-0.2, -0.15) is 9.78 Å². The number of nitrogens with zero attached hydrogens (tertiary/aromatic N) is 3. The van der Waals surface area contributed by atoms with Crippen LogP contribution in [0.4, 0.5) is 5.82 Å². The summed E-state index contributed by atoms with van der Waals surface area (Å²) in [5, 5.41) is 9.95. The van der Waals surface area contributed by atoms with Crippen LogP contribution in [0, 0.1) is 6.92 Å². The lowest BCUT2D eigenvalue weighted by atomic mass is 10.2. The molecule has 2 aromatic carbocycles. The van der Waals surface area contributed by atoms with Crippen molar-refractivity contribution in [3.8, 4) is 33.6 Å². The van der Waals surface area contributed by atoms with E-state index < -0.39 is 0 Å². The highest BCUT2D eigenvalue weighted by molar-refractivity contribution is 7.12. The van der Waals surface area contributed by atoms with Crippen molar-refractivity contribution >= 4 is 23.1 Å². The summed E-state index contributed by atoms with van der Waals surface area (Å²) < 4.78 is 18.0. The van der Waals surface area contributed by atoms with Gasteiger partial charge in [-0.15, -0.1) is 11.3 Å². The lowest BCUT2D eigenvalue weighted by molar-refractivity contribution is -0.118. The maximum Gasteiger partial charge on any atom is 0.263 e. The number of rotatable bonds is 9. The molecular weight excluding hydrogens is 440 g/mol. The first-order valence-electron chi connectivity index (χ1n) is 10.4. The molecule has 0 radical (unpaired) electrons. The predicted octanol–water partition coefficient (Wildman–Crippen LogP) is 4.73. The highest BCUT2D eigenvalue weighted by Gasteiger charge is 2.15. The number of ether oxygens (including phenoxy) is 3. The van der Waals surface area contributed by atoms with Crippen LogP contribution in [0.15, 0.2) is 60.0 Å². The number of aryl methyl sites for hydroxylation is 1. The van der Waals surface area contributed by atoms with Crippen molar-refractivity contribution in [3.05, 3.63) is 65.7 Å². The molecule has 9 heteroatoms. The van der Waals surface area contributed by atoms with Crippen LogP contribution in [-0.2, 0) is 4.79 Å². The van der Waals surface area contributed by atoms with E-state index >= 15 is 0 Å². The second-order valence-corrected chi connectivity index (χ2v) is 7.88. The van der Waals surface area contributed by atoms with Gasteiger partial charge >= 0.3 is 0 Å². The van der Waals surface area contributed by atoms with Crippen LogP contribution in [-0.4, -0.2) is 41.0 Å². The summed E-state index contributed by atoms with van der Waals surface area (Å²) in [5.74, 6) is 2.09. The number of anilines is 1. The monoisotopic (exact) mass is 464 g/mol. The van der Waals surface area contributed by atoms with Crippen molar-refractivity contribution in [3.63, 3.8) is 0 Å². The summed E-state index contributed by atoms with van der Waals surface area (Å²) in [4.78, 5) is 17.2. The van der Waals surface area contributed by atoms with Crippen LogP contribution in [0.1, 0.15) is 12.6 Å². The maximum absolute atomic E-state index is 12.5. The zero-order valence-corrected chi connectivity index (χ0v) is 19.4. The molecule has 170 valence electrons. The van der Waals surface area contributed by atoms with Crippen molar-refractivity contribution < 1.29 is 19.0 Å². The minimum absolute atomic E-state index is 0.167. The van der Waals surface area contributed by atoms with E-state index in [0.717, 1.165) is 22.7 Å². The number of amides is 1. The fourth-order valence-electron chi connectivity index (χ4n) is 3.18. The maximum atomic E-state index is 12.5. The van der Waals surface area contributed by atoms with Gasteiger partial charge in [-0.25, -0.2) is 4.98 Å². The minimum Gasteiger partial charge on any atom is -0.494 e. The van der Waals surface area contributed by atoms with Gasteiger partial charge in [0.05, 0.1) is 25.1 Å². The molecule has 1 amide bonds. The van der Waals surface area contributed by atoms with Crippen LogP contribution in [0.25, 0.3) is 16.4 Å². The molecule has 0 saturated heterocycles. The van der Waals surface area contributed by atoms with E-state index in [2.05, 4.69) is 10.4 Å². The van der Waals surface area contributed by atoms with E-state index in [0.29, 0.717) is 29.1 Å². The molecule has 0 fully saturated rings. The highest BCUT2D eigenvalue weighted by atomic mass is 32.1. The van der Waals surface area contributed by atoms with Crippen molar-refractivity contribution in [1.29, 1.82) is 0 Å². The lowest BCUT2D eigenvalue weighted by Gasteiger charge is -2.10. The average molecular weight is 465 g/mol. The van der Waals surface area contributed by atoms with Gasteiger partial charge in [-0.1, -0.05) is 12.1 Å². The van der Waals surface area contributed by atoms with Gasteiger partial charge in [0.2, 0.25) is 5.13 Å². The number of carbonyl (C=O) groups excluding carboxylic acids is 1. The molecule has 1 N–H and O–H groups in total. The quantitative estimate of drug-likeness (QED) is 0.385. The number of carbonyl (C=O) groups is 1. The van der Waals surface area contributed by atoms with Gasteiger partial charge in [-0.05, 0) is 50.2 Å². The van der Waals surface area contributed by atoms with Crippen LogP contribution in [0.2, 0.25) is 0 Å². The third-order valence-electron chi connectivity index (χ3n) is 4.66. The molecule has 0 aliphatic carbocycles. The Morgan fingerprint density at radius 3 is 2.58 bits per heavy atom. The molecule has 8 nitrogen and oxygen atoms in total. The number of benzene rings is 2. The largest absolute Gasteiger partial charge is 0.494 e. The first-order valence-corrected chi connectivity index (χ1v) is 11.3. The molecule has 0 saturated carbocycles. The number of thiazole rings is 1. The number of hydrogen-bond donors (Lipinski definition) is 1. The third kappa shape index (κ3) is 5.32. The van der Waals surface area contributed by atoms with E-state index in [4.69, 9.17) is 19.2 Å². The van der Waals surface area contributed by atoms with Crippen molar-refractivity contribution in [2.24, 2.45) is 0 Å². The molecule has 0 spiro atoms. The Hall–Kier alpha value is -3.85. The Morgan fingerprint density at radius 2 is 1.85 bits per heavy atom. The van der Waals surface area contributed by atoms with Crippen molar-refractivity contribution in [2.75, 3.05) is 25.6 Å².